The van der Waals surface area contributed by atoms with Gasteiger partial charge >= 0.3 is 35.9 Å². The van der Waals surface area contributed by atoms with Crippen LogP contribution in [0, 0.1) is 0 Å². The van der Waals surface area contributed by atoms with E-state index in [9.17, 15) is 49.1 Å². The molecular weight excluding hydrogens is 455 g/mol. The van der Waals surface area contributed by atoms with E-state index in [0.29, 0.717) is 0 Å². The minimum Gasteiger partial charge on any atom is -0.490 e. The smallest absolute Gasteiger partial charge is 0.460 e. The second kappa shape index (κ2) is 9.22. The van der Waals surface area contributed by atoms with Gasteiger partial charge in [0.05, 0.1) is 12.0 Å². The Balaban J connectivity index is 3.11. The predicted octanol–water partition coefficient (Wildman–Crippen LogP) is 4.94. The third kappa shape index (κ3) is 5.94. The third-order valence-corrected chi connectivity index (χ3v) is 3.80. The summed E-state index contributed by atoms with van der Waals surface area (Å²) in [6, 6.07) is 4.25. The standard InChI is InChI=1S/C17H15F9O5/c1-2-12(27)31-11(8-30-10-5-3-4-9(6-10)13(28)29)7-14(18,19)15(20,21)16(22,23)17(24,25)26/h3-6,11H,2,7-8H2,1H3,(H,28,29). The van der Waals surface area contributed by atoms with Gasteiger partial charge in [-0.1, -0.05) is 13.0 Å². The number of aromatic carboxylic acids is 1. The van der Waals surface area contributed by atoms with Gasteiger partial charge in [-0.25, -0.2) is 4.79 Å². The zero-order chi connectivity index (χ0) is 24.3. The summed E-state index contributed by atoms with van der Waals surface area (Å²) in [5.41, 5.74) is -0.332. The molecule has 0 radical (unpaired) electrons. The third-order valence-electron chi connectivity index (χ3n) is 3.80. The number of benzene rings is 1. The summed E-state index contributed by atoms with van der Waals surface area (Å²) in [7, 11) is 0. The maximum atomic E-state index is 13.9. The number of esters is 1. The largest absolute Gasteiger partial charge is 0.490 e. The van der Waals surface area contributed by atoms with Gasteiger partial charge in [-0.05, 0) is 18.2 Å². The summed E-state index contributed by atoms with van der Waals surface area (Å²) in [5.74, 6) is -22.9. The lowest BCUT2D eigenvalue weighted by atomic mass is 9.98. The molecule has 1 unspecified atom stereocenters. The van der Waals surface area contributed by atoms with E-state index in [0.717, 1.165) is 24.3 Å². The van der Waals surface area contributed by atoms with Crippen molar-refractivity contribution in [1.82, 2.24) is 0 Å². The number of halogens is 9. The van der Waals surface area contributed by atoms with E-state index in [2.05, 4.69) is 4.74 Å². The van der Waals surface area contributed by atoms with Gasteiger partial charge in [0.15, 0.2) is 0 Å². The Morgan fingerprint density at radius 2 is 1.58 bits per heavy atom. The van der Waals surface area contributed by atoms with E-state index < -0.39 is 61.4 Å². The lowest BCUT2D eigenvalue weighted by molar-refractivity contribution is -0.398. The molecule has 1 aromatic rings. The Morgan fingerprint density at radius 3 is 2.06 bits per heavy atom. The first-order chi connectivity index (χ1) is 14.0. The van der Waals surface area contributed by atoms with Crippen LogP contribution in [0.1, 0.15) is 30.1 Å². The molecule has 0 bridgehead atoms. The van der Waals surface area contributed by atoms with Crippen LogP contribution in [0.15, 0.2) is 24.3 Å². The molecule has 0 aromatic heterocycles. The van der Waals surface area contributed by atoms with E-state index in [1.807, 2.05) is 0 Å². The number of rotatable bonds is 10. The highest BCUT2D eigenvalue weighted by Crippen LogP contribution is 2.54. The van der Waals surface area contributed by atoms with Crippen molar-refractivity contribution in [2.75, 3.05) is 6.61 Å². The van der Waals surface area contributed by atoms with Gasteiger partial charge in [-0.15, -0.1) is 0 Å². The van der Waals surface area contributed by atoms with Crippen molar-refractivity contribution in [2.24, 2.45) is 0 Å². The molecule has 0 aliphatic rings. The van der Waals surface area contributed by atoms with Crippen molar-refractivity contribution < 1.29 is 63.7 Å². The zero-order valence-corrected chi connectivity index (χ0v) is 15.5. The van der Waals surface area contributed by atoms with Crippen molar-refractivity contribution >= 4 is 11.9 Å². The van der Waals surface area contributed by atoms with Gasteiger partial charge in [0.1, 0.15) is 18.5 Å². The van der Waals surface area contributed by atoms with Crippen LogP contribution in [0.25, 0.3) is 0 Å². The molecule has 0 aliphatic carbocycles. The first-order valence-electron chi connectivity index (χ1n) is 8.32. The molecule has 1 rings (SSSR count). The number of hydrogen-bond donors (Lipinski definition) is 1. The first kappa shape index (κ1) is 26.4. The Bertz CT molecular complexity index is 792. The Kier molecular flexibility index (Phi) is 7.84. The minimum atomic E-state index is -7.08. The van der Waals surface area contributed by atoms with Gasteiger partial charge in [0, 0.05) is 6.42 Å². The summed E-state index contributed by atoms with van der Waals surface area (Å²) >= 11 is 0. The van der Waals surface area contributed by atoms with Gasteiger partial charge in [-0.3, -0.25) is 4.79 Å². The van der Waals surface area contributed by atoms with E-state index in [1.54, 1.807) is 0 Å². The summed E-state index contributed by atoms with van der Waals surface area (Å²) in [5, 5.41) is 8.85. The van der Waals surface area contributed by atoms with Crippen LogP contribution in [-0.2, 0) is 9.53 Å². The fraction of sp³-hybridized carbons (Fsp3) is 0.529. The number of alkyl halides is 9. The maximum absolute atomic E-state index is 13.9. The van der Waals surface area contributed by atoms with Crippen LogP contribution < -0.4 is 4.74 Å². The highest BCUT2D eigenvalue weighted by molar-refractivity contribution is 5.88. The fourth-order valence-corrected chi connectivity index (χ4v) is 2.13. The van der Waals surface area contributed by atoms with Gasteiger partial charge in [-0.2, -0.15) is 39.5 Å². The number of hydrogen-bond acceptors (Lipinski definition) is 4. The monoisotopic (exact) mass is 470 g/mol. The van der Waals surface area contributed by atoms with Crippen molar-refractivity contribution in [1.29, 1.82) is 0 Å². The van der Waals surface area contributed by atoms with E-state index >= 15 is 0 Å². The highest BCUT2D eigenvalue weighted by atomic mass is 19.4. The normalized spacial score (nSPS) is 14.1. The van der Waals surface area contributed by atoms with E-state index in [-0.39, 0.29) is 11.3 Å². The number of carbonyl (C=O) groups is 2. The molecule has 5 nitrogen and oxygen atoms in total. The Labute approximate surface area is 168 Å². The predicted molar refractivity (Wildman–Crippen MR) is 84.6 cm³/mol. The van der Waals surface area contributed by atoms with Crippen LogP contribution in [0.4, 0.5) is 39.5 Å². The van der Waals surface area contributed by atoms with Gasteiger partial charge in [0.2, 0.25) is 0 Å². The molecular formula is C17H15F9O5. The van der Waals surface area contributed by atoms with E-state index in [4.69, 9.17) is 9.84 Å². The van der Waals surface area contributed by atoms with Crippen molar-refractivity contribution in [3.63, 3.8) is 0 Å². The van der Waals surface area contributed by atoms with Crippen LogP contribution in [0.2, 0.25) is 0 Å². The molecule has 0 amide bonds. The van der Waals surface area contributed by atoms with Crippen LogP contribution in [-0.4, -0.2) is 53.7 Å². The molecule has 14 heteroatoms. The second-order valence-corrected chi connectivity index (χ2v) is 6.16. The molecule has 176 valence electrons. The first-order valence-corrected chi connectivity index (χ1v) is 8.32. The molecule has 1 N–H and O–H groups in total. The fourth-order valence-electron chi connectivity index (χ4n) is 2.13. The molecule has 0 aliphatic heterocycles. The van der Waals surface area contributed by atoms with Crippen molar-refractivity contribution in [3.8, 4) is 5.75 Å². The summed E-state index contributed by atoms with van der Waals surface area (Å²) in [6.45, 7) is -0.000788. The Hall–Kier alpha value is -2.67. The lowest BCUT2D eigenvalue weighted by Gasteiger charge is -2.35. The Morgan fingerprint density at radius 1 is 1.00 bits per heavy atom. The quantitative estimate of drug-likeness (QED) is 0.387. The number of carboxylic acid groups (broad SMARTS) is 1. The minimum absolute atomic E-state index is 0.312. The molecule has 1 atom stereocenters. The summed E-state index contributed by atoms with van der Waals surface area (Å²) in [6.07, 6.45) is -12.3. The molecule has 0 heterocycles. The number of carboxylic acids is 1. The molecule has 1 aromatic carbocycles. The summed E-state index contributed by atoms with van der Waals surface area (Å²) in [4.78, 5) is 22.2. The van der Waals surface area contributed by atoms with Gasteiger partial charge < -0.3 is 14.6 Å². The summed E-state index contributed by atoms with van der Waals surface area (Å²) < 4.78 is 127. The van der Waals surface area contributed by atoms with Crippen LogP contribution in [0.5, 0.6) is 5.75 Å². The molecule has 0 saturated carbocycles. The zero-order valence-electron chi connectivity index (χ0n) is 15.5. The lowest BCUT2D eigenvalue weighted by Crippen LogP contribution is -2.61. The topological polar surface area (TPSA) is 72.8 Å². The maximum Gasteiger partial charge on any atom is 0.460 e. The van der Waals surface area contributed by atoms with Crippen LogP contribution in [0.3, 0.4) is 0 Å². The molecule has 0 saturated heterocycles. The highest BCUT2D eigenvalue weighted by Gasteiger charge is 2.81. The van der Waals surface area contributed by atoms with Gasteiger partial charge in [0.25, 0.3) is 0 Å². The average molecular weight is 470 g/mol. The molecule has 31 heavy (non-hydrogen) atoms. The number of carbonyl (C=O) groups excluding carboxylic acids is 1. The van der Waals surface area contributed by atoms with Crippen molar-refractivity contribution in [3.05, 3.63) is 29.8 Å². The number of ether oxygens (including phenoxy) is 2. The molecule has 0 spiro atoms. The average Bonchev–Trinajstić information content (AvgIpc) is 2.64. The second-order valence-electron chi connectivity index (χ2n) is 6.16. The van der Waals surface area contributed by atoms with Crippen molar-refractivity contribution in [2.45, 2.75) is 49.8 Å². The van der Waals surface area contributed by atoms with E-state index in [1.165, 1.54) is 6.92 Å². The van der Waals surface area contributed by atoms with Crippen LogP contribution >= 0.6 is 0 Å². The molecule has 0 fully saturated rings. The SMILES string of the molecule is CCC(=O)OC(COc1cccc(C(=O)O)c1)CC(F)(F)C(F)(F)C(F)(F)C(F)(F)F.